The molecule has 2 rings (SSSR count). The van der Waals surface area contributed by atoms with Crippen LogP contribution in [0.25, 0.3) is 0 Å². The topological polar surface area (TPSA) is 72.2 Å². The van der Waals surface area contributed by atoms with Crippen molar-refractivity contribution in [2.75, 3.05) is 5.32 Å². The maximum Gasteiger partial charge on any atom is 0.270 e. The van der Waals surface area contributed by atoms with Crippen LogP contribution in [-0.2, 0) is 0 Å². The summed E-state index contributed by atoms with van der Waals surface area (Å²) in [5.41, 5.74) is 4.73. The molecule has 0 atom stereocenters. The van der Waals surface area contributed by atoms with E-state index in [0.29, 0.717) is 22.4 Å². The minimum absolute atomic E-state index is 0.0270. The van der Waals surface area contributed by atoms with Gasteiger partial charge in [-0.25, -0.2) is 0 Å². The zero-order valence-corrected chi connectivity index (χ0v) is 13.1. The van der Waals surface area contributed by atoms with Gasteiger partial charge in [-0.15, -0.1) is 0 Å². The number of aryl methyl sites for hydroxylation is 4. The third-order valence-corrected chi connectivity index (χ3v) is 3.74. The molecule has 0 aliphatic rings. The highest BCUT2D eigenvalue weighted by molar-refractivity contribution is 6.05. The van der Waals surface area contributed by atoms with Crippen molar-refractivity contribution in [3.8, 4) is 0 Å². The smallest absolute Gasteiger partial charge is 0.270 e. The summed E-state index contributed by atoms with van der Waals surface area (Å²) in [6, 6.07) is 8.43. The molecule has 0 spiro atoms. The van der Waals surface area contributed by atoms with E-state index >= 15 is 0 Å². The number of hydrogen-bond acceptors (Lipinski definition) is 3. The number of nitro groups is 1. The quantitative estimate of drug-likeness (QED) is 0.685. The van der Waals surface area contributed by atoms with Gasteiger partial charge in [-0.05, 0) is 62.1 Å². The molecule has 0 radical (unpaired) electrons. The Kier molecular flexibility index (Phi) is 4.26. The molecule has 0 unspecified atom stereocenters. The lowest BCUT2D eigenvalue weighted by Gasteiger charge is -2.12. The highest BCUT2D eigenvalue weighted by atomic mass is 16.6. The van der Waals surface area contributed by atoms with Crippen LogP contribution in [0, 0.1) is 37.8 Å². The average Bonchev–Trinajstić information content (AvgIpc) is 2.45. The number of carbonyl (C=O) groups excluding carboxylic acids is 1. The molecule has 22 heavy (non-hydrogen) atoms. The Bertz CT molecular complexity index is 743. The first-order valence-corrected chi connectivity index (χ1v) is 6.94. The van der Waals surface area contributed by atoms with Gasteiger partial charge in [0.05, 0.1) is 4.92 Å². The van der Waals surface area contributed by atoms with Gasteiger partial charge in [-0.1, -0.05) is 6.07 Å². The van der Waals surface area contributed by atoms with Crippen molar-refractivity contribution < 1.29 is 9.72 Å². The fraction of sp³-hybridized carbons (Fsp3) is 0.235. The second-order valence-corrected chi connectivity index (χ2v) is 5.46. The van der Waals surface area contributed by atoms with Crippen LogP contribution in [0.5, 0.6) is 0 Å². The van der Waals surface area contributed by atoms with Gasteiger partial charge >= 0.3 is 0 Å². The summed E-state index contributed by atoms with van der Waals surface area (Å²) in [5.74, 6) is -0.219. The first kappa shape index (κ1) is 15.7. The highest BCUT2D eigenvalue weighted by Crippen LogP contribution is 2.26. The number of rotatable bonds is 3. The van der Waals surface area contributed by atoms with Crippen LogP contribution >= 0.6 is 0 Å². The van der Waals surface area contributed by atoms with Gasteiger partial charge in [0, 0.05) is 23.4 Å². The number of amides is 1. The molecule has 1 N–H and O–H groups in total. The van der Waals surface area contributed by atoms with E-state index in [0.717, 1.165) is 11.1 Å². The lowest BCUT2D eigenvalue weighted by atomic mass is 10.0. The van der Waals surface area contributed by atoms with E-state index in [1.54, 1.807) is 19.9 Å². The zero-order chi connectivity index (χ0) is 16.4. The average molecular weight is 298 g/mol. The molecule has 0 saturated carbocycles. The van der Waals surface area contributed by atoms with E-state index < -0.39 is 4.92 Å². The number of non-ortho nitro benzene ring substituents is 1. The molecular weight excluding hydrogens is 280 g/mol. The standard InChI is InChI=1S/C17H18N2O3/c1-10-5-6-14(7-11(10)2)17(20)18-16-12(3)8-15(19(21)22)9-13(16)4/h5-9H,1-4H3,(H,18,20). The summed E-state index contributed by atoms with van der Waals surface area (Å²) in [4.78, 5) is 22.8. The maximum absolute atomic E-state index is 12.4. The van der Waals surface area contributed by atoms with Crippen molar-refractivity contribution in [2.45, 2.75) is 27.7 Å². The van der Waals surface area contributed by atoms with Gasteiger partial charge in [0.25, 0.3) is 11.6 Å². The molecule has 2 aromatic rings. The highest BCUT2D eigenvalue weighted by Gasteiger charge is 2.15. The molecule has 2 aromatic carbocycles. The third-order valence-electron chi connectivity index (χ3n) is 3.74. The minimum Gasteiger partial charge on any atom is -0.321 e. The number of hydrogen-bond donors (Lipinski definition) is 1. The number of carbonyl (C=O) groups is 1. The SMILES string of the molecule is Cc1ccc(C(=O)Nc2c(C)cc([N+](=O)[O-])cc2C)cc1C. The Balaban J connectivity index is 2.32. The summed E-state index contributed by atoms with van der Waals surface area (Å²) in [7, 11) is 0. The van der Waals surface area contributed by atoms with Crippen LogP contribution in [0.1, 0.15) is 32.6 Å². The molecule has 0 aliphatic carbocycles. The Morgan fingerprint density at radius 2 is 1.55 bits per heavy atom. The predicted molar refractivity (Wildman–Crippen MR) is 86.4 cm³/mol. The van der Waals surface area contributed by atoms with E-state index in [1.165, 1.54) is 12.1 Å². The Hall–Kier alpha value is -2.69. The van der Waals surface area contributed by atoms with Gasteiger partial charge in [-0.3, -0.25) is 14.9 Å². The van der Waals surface area contributed by atoms with Crippen LogP contribution in [0.2, 0.25) is 0 Å². The monoisotopic (exact) mass is 298 g/mol. The van der Waals surface area contributed by atoms with Gasteiger partial charge in [0.2, 0.25) is 0 Å². The van der Waals surface area contributed by atoms with Crippen molar-refractivity contribution in [2.24, 2.45) is 0 Å². The van der Waals surface area contributed by atoms with E-state index in [1.807, 2.05) is 26.0 Å². The van der Waals surface area contributed by atoms with E-state index in [2.05, 4.69) is 5.32 Å². The second kappa shape index (κ2) is 5.97. The Morgan fingerprint density at radius 3 is 2.05 bits per heavy atom. The van der Waals surface area contributed by atoms with Gasteiger partial charge < -0.3 is 5.32 Å². The molecule has 0 bridgehead atoms. The fourth-order valence-corrected chi connectivity index (χ4v) is 2.31. The normalized spacial score (nSPS) is 10.4. The van der Waals surface area contributed by atoms with Crippen LogP contribution < -0.4 is 5.32 Å². The summed E-state index contributed by atoms with van der Waals surface area (Å²) in [6.45, 7) is 7.43. The van der Waals surface area contributed by atoms with E-state index in [4.69, 9.17) is 0 Å². The van der Waals surface area contributed by atoms with Gasteiger partial charge in [-0.2, -0.15) is 0 Å². The Labute approximate surface area is 129 Å². The lowest BCUT2D eigenvalue weighted by Crippen LogP contribution is -2.14. The fourth-order valence-electron chi connectivity index (χ4n) is 2.31. The number of nitrogens with zero attached hydrogens (tertiary/aromatic N) is 1. The van der Waals surface area contributed by atoms with Gasteiger partial charge in [0.1, 0.15) is 0 Å². The van der Waals surface area contributed by atoms with Crippen molar-refractivity contribution >= 4 is 17.3 Å². The predicted octanol–water partition coefficient (Wildman–Crippen LogP) is 4.08. The van der Waals surface area contributed by atoms with Crippen molar-refractivity contribution in [1.29, 1.82) is 0 Å². The largest absolute Gasteiger partial charge is 0.321 e. The Morgan fingerprint density at radius 1 is 0.955 bits per heavy atom. The first-order valence-electron chi connectivity index (χ1n) is 6.94. The zero-order valence-electron chi connectivity index (χ0n) is 13.1. The number of nitro benzene ring substituents is 1. The van der Waals surface area contributed by atoms with Crippen LogP contribution in [-0.4, -0.2) is 10.8 Å². The minimum atomic E-state index is -0.436. The molecular formula is C17H18N2O3. The van der Waals surface area contributed by atoms with Crippen LogP contribution in [0.3, 0.4) is 0 Å². The molecule has 5 nitrogen and oxygen atoms in total. The summed E-state index contributed by atoms with van der Waals surface area (Å²) >= 11 is 0. The molecule has 1 amide bonds. The summed E-state index contributed by atoms with van der Waals surface area (Å²) in [6.07, 6.45) is 0. The van der Waals surface area contributed by atoms with Crippen molar-refractivity contribution in [1.82, 2.24) is 0 Å². The molecule has 0 aliphatic heterocycles. The van der Waals surface area contributed by atoms with Crippen molar-refractivity contribution in [3.63, 3.8) is 0 Å². The summed E-state index contributed by atoms with van der Waals surface area (Å²) in [5, 5.41) is 13.7. The molecule has 0 heterocycles. The number of anilines is 1. The number of benzene rings is 2. The molecule has 0 fully saturated rings. The number of nitrogens with one attached hydrogen (secondary N) is 1. The van der Waals surface area contributed by atoms with Gasteiger partial charge in [0.15, 0.2) is 0 Å². The van der Waals surface area contributed by atoms with E-state index in [9.17, 15) is 14.9 Å². The molecule has 0 saturated heterocycles. The molecule has 5 heteroatoms. The second-order valence-electron chi connectivity index (χ2n) is 5.46. The third kappa shape index (κ3) is 3.14. The molecule has 0 aromatic heterocycles. The van der Waals surface area contributed by atoms with Crippen LogP contribution in [0.4, 0.5) is 11.4 Å². The lowest BCUT2D eigenvalue weighted by molar-refractivity contribution is -0.384. The first-order chi connectivity index (χ1) is 10.3. The maximum atomic E-state index is 12.4. The van der Waals surface area contributed by atoms with Crippen molar-refractivity contribution in [3.05, 3.63) is 68.3 Å². The van der Waals surface area contributed by atoms with E-state index in [-0.39, 0.29) is 11.6 Å². The summed E-state index contributed by atoms with van der Waals surface area (Å²) < 4.78 is 0. The van der Waals surface area contributed by atoms with Crippen LogP contribution in [0.15, 0.2) is 30.3 Å². The molecule has 114 valence electrons.